The van der Waals surface area contributed by atoms with Crippen molar-refractivity contribution in [1.82, 2.24) is 24.9 Å². The van der Waals surface area contributed by atoms with E-state index < -0.39 is 4.92 Å². The fraction of sp³-hybridized carbons (Fsp3) is 0.100. The predicted molar refractivity (Wildman–Crippen MR) is 108 cm³/mol. The highest BCUT2D eigenvalue weighted by molar-refractivity contribution is 5.79. The van der Waals surface area contributed by atoms with E-state index in [1.807, 2.05) is 30.3 Å². The number of nitro groups is 1. The van der Waals surface area contributed by atoms with Crippen molar-refractivity contribution in [2.45, 2.75) is 6.42 Å². The van der Waals surface area contributed by atoms with E-state index in [9.17, 15) is 10.1 Å². The van der Waals surface area contributed by atoms with Crippen LogP contribution in [0.1, 0.15) is 5.82 Å². The zero-order valence-electron chi connectivity index (χ0n) is 15.3. The number of hydrogen-bond donors (Lipinski definition) is 2. The van der Waals surface area contributed by atoms with Crippen LogP contribution in [0.25, 0.3) is 22.5 Å². The first-order valence-electron chi connectivity index (χ1n) is 8.95. The molecule has 2 N–H and O–H groups in total. The molecule has 29 heavy (non-hydrogen) atoms. The van der Waals surface area contributed by atoms with Crippen LogP contribution in [0, 0.1) is 10.1 Å². The molecule has 4 aromatic rings. The van der Waals surface area contributed by atoms with Gasteiger partial charge in [-0.15, -0.1) is 0 Å². The summed E-state index contributed by atoms with van der Waals surface area (Å²) in [5.74, 6) is 1.26. The van der Waals surface area contributed by atoms with E-state index in [0.717, 1.165) is 22.5 Å². The zero-order valence-corrected chi connectivity index (χ0v) is 15.3. The number of anilines is 1. The van der Waals surface area contributed by atoms with Gasteiger partial charge in [-0.2, -0.15) is 0 Å². The van der Waals surface area contributed by atoms with E-state index in [-0.39, 0.29) is 5.69 Å². The number of imidazole rings is 1. The quantitative estimate of drug-likeness (QED) is 0.367. The number of rotatable bonds is 7. The van der Waals surface area contributed by atoms with Gasteiger partial charge in [0.15, 0.2) is 0 Å². The van der Waals surface area contributed by atoms with Crippen LogP contribution in [0.4, 0.5) is 11.5 Å². The number of pyridine rings is 1. The molecule has 0 saturated heterocycles. The summed E-state index contributed by atoms with van der Waals surface area (Å²) in [6, 6.07) is 12.9. The summed E-state index contributed by atoms with van der Waals surface area (Å²) in [7, 11) is 0. The number of nitrogens with zero attached hydrogens (tertiary/aromatic N) is 5. The van der Waals surface area contributed by atoms with Crippen LogP contribution in [0.2, 0.25) is 0 Å². The zero-order chi connectivity index (χ0) is 20.1. The molecule has 0 unspecified atom stereocenters. The van der Waals surface area contributed by atoms with Gasteiger partial charge >= 0.3 is 0 Å². The van der Waals surface area contributed by atoms with Gasteiger partial charge in [0.2, 0.25) is 0 Å². The lowest BCUT2D eigenvalue weighted by molar-refractivity contribution is -0.385. The maximum absolute atomic E-state index is 10.7. The number of benzene rings is 1. The Labute approximate surface area is 166 Å². The van der Waals surface area contributed by atoms with Gasteiger partial charge in [-0.25, -0.2) is 19.9 Å². The van der Waals surface area contributed by atoms with Crippen molar-refractivity contribution in [2.75, 3.05) is 11.9 Å². The second-order valence-corrected chi connectivity index (χ2v) is 6.20. The smallest absolute Gasteiger partial charge is 0.287 e. The van der Waals surface area contributed by atoms with Gasteiger partial charge in [-0.3, -0.25) is 10.1 Å². The molecule has 3 heterocycles. The Hall–Kier alpha value is -4.14. The SMILES string of the molecule is O=[N+]([O-])c1ccc(NCCc2nccc(-c3ccccc3-c3cnc[nH]3)n2)nc1. The third kappa shape index (κ3) is 4.24. The van der Waals surface area contributed by atoms with Gasteiger partial charge in [0, 0.05) is 36.4 Å². The average Bonchev–Trinajstić information content (AvgIpc) is 3.29. The lowest BCUT2D eigenvalue weighted by Crippen LogP contribution is -2.09. The fourth-order valence-electron chi connectivity index (χ4n) is 2.92. The first kappa shape index (κ1) is 18.2. The van der Waals surface area contributed by atoms with Crippen LogP contribution in [0.3, 0.4) is 0 Å². The molecule has 144 valence electrons. The molecule has 0 atom stereocenters. The number of nitrogens with one attached hydrogen (secondary N) is 2. The highest BCUT2D eigenvalue weighted by Gasteiger charge is 2.10. The van der Waals surface area contributed by atoms with E-state index in [1.165, 1.54) is 12.3 Å². The fourth-order valence-corrected chi connectivity index (χ4v) is 2.92. The summed E-state index contributed by atoms with van der Waals surface area (Å²) in [5.41, 5.74) is 3.72. The van der Waals surface area contributed by atoms with Crippen LogP contribution >= 0.6 is 0 Å². The van der Waals surface area contributed by atoms with Crippen molar-refractivity contribution >= 4 is 11.5 Å². The maximum Gasteiger partial charge on any atom is 0.287 e. The van der Waals surface area contributed by atoms with Crippen molar-refractivity contribution in [3.05, 3.63) is 83.3 Å². The highest BCUT2D eigenvalue weighted by atomic mass is 16.6. The van der Waals surface area contributed by atoms with Gasteiger partial charge in [-0.05, 0) is 12.1 Å². The van der Waals surface area contributed by atoms with Crippen molar-refractivity contribution in [2.24, 2.45) is 0 Å². The van der Waals surface area contributed by atoms with E-state index in [1.54, 1.807) is 24.8 Å². The van der Waals surface area contributed by atoms with Crippen LogP contribution < -0.4 is 5.32 Å². The Kier molecular flexibility index (Phi) is 5.19. The molecule has 0 radical (unpaired) electrons. The summed E-state index contributed by atoms with van der Waals surface area (Å²) in [5, 5.41) is 13.8. The molecule has 0 aliphatic heterocycles. The lowest BCUT2D eigenvalue weighted by Gasteiger charge is -2.09. The van der Waals surface area contributed by atoms with E-state index in [4.69, 9.17) is 0 Å². The second-order valence-electron chi connectivity index (χ2n) is 6.20. The van der Waals surface area contributed by atoms with Crippen LogP contribution in [0.5, 0.6) is 0 Å². The Balaban J connectivity index is 1.47. The van der Waals surface area contributed by atoms with Crippen molar-refractivity contribution in [3.8, 4) is 22.5 Å². The highest BCUT2D eigenvalue weighted by Crippen LogP contribution is 2.29. The first-order chi connectivity index (χ1) is 14.2. The van der Waals surface area contributed by atoms with E-state index in [2.05, 4.69) is 30.2 Å². The molecule has 9 heteroatoms. The normalized spacial score (nSPS) is 10.6. The average molecular weight is 387 g/mol. The Morgan fingerprint density at radius 2 is 1.90 bits per heavy atom. The predicted octanol–water partition coefficient (Wildman–Crippen LogP) is 3.49. The van der Waals surface area contributed by atoms with Crippen LogP contribution in [-0.4, -0.2) is 36.4 Å². The Morgan fingerprint density at radius 1 is 1.03 bits per heavy atom. The molecular weight excluding hydrogens is 370 g/mol. The minimum Gasteiger partial charge on any atom is -0.370 e. The molecule has 0 saturated carbocycles. The Morgan fingerprint density at radius 3 is 2.62 bits per heavy atom. The van der Waals surface area contributed by atoms with Crippen molar-refractivity contribution < 1.29 is 4.92 Å². The van der Waals surface area contributed by atoms with Crippen molar-refractivity contribution in [1.29, 1.82) is 0 Å². The molecule has 9 nitrogen and oxygen atoms in total. The van der Waals surface area contributed by atoms with Crippen LogP contribution in [-0.2, 0) is 6.42 Å². The molecular formula is C20H17N7O2. The number of aromatic amines is 1. The third-order valence-corrected chi connectivity index (χ3v) is 4.31. The molecule has 4 rings (SSSR count). The second kappa shape index (κ2) is 8.26. The third-order valence-electron chi connectivity index (χ3n) is 4.31. The summed E-state index contributed by atoms with van der Waals surface area (Å²) >= 11 is 0. The van der Waals surface area contributed by atoms with Crippen molar-refractivity contribution in [3.63, 3.8) is 0 Å². The van der Waals surface area contributed by atoms with Gasteiger partial charge in [0.05, 0.1) is 28.8 Å². The number of H-pyrrole nitrogens is 1. The molecule has 0 amide bonds. The maximum atomic E-state index is 10.7. The Bertz CT molecular complexity index is 1110. The topological polar surface area (TPSA) is 123 Å². The number of hydrogen-bond acceptors (Lipinski definition) is 7. The van der Waals surface area contributed by atoms with Gasteiger partial charge in [-0.1, -0.05) is 24.3 Å². The van der Waals surface area contributed by atoms with E-state index >= 15 is 0 Å². The molecule has 0 aliphatic carbocycles. The standard InChI is InChI=1S/C20H17N7O2/c28-27(29)14-5-6-19(24-11-14)22-10-8-20-23-9-7-17(26-20)15-3-1-2-4-16(15)18-12-21-13-25-18/h1-7,9,11-13H,8,10H2,(H,21,25)(H,22,24). The monoisotopic (exact) mass is 387 g/mol. The molecule has 0 bridgehead atoms. The van der Waals surface area contributed by atoms with E-state index in [0.29, 0.717) is 24.6 Å². The van der Waals surface area contributed by atoms with Gasteiger partial charge in [0.1, 0.15) is 17.8 Å². The minimum atomic E-state index is -0.475. The summed E-state index contributed by atoms with van der Waals surface area (Å²) in [6.45, 7) is 0.552. The first-order valence-corrected chi connectivity index (χ1v) is 8.95. The van der Waals surface area contributed by atoms with Gasteiger partial charge < -0.3 is 10.3 Å². The summed E-state index contributed by atoms with van der Waals surface area (Å²) < 4.78 is 0. The summed E-state index contributed by atoms with van der Waals surface area (Å²) in [6.07, 6.45) is 6.98. The number of aromatic nitrogens is 5. The molecule has 0 spiro atoms. The van der Waals surface area contributed by atoms with Gasteiger partial charge in [0.25, 0.3) is 5.69 Å². The summed E-state index contributed by atoms with van der Waals surface area (Å²) in [4.78, 5) is 30.5. The molecule has 3 aromatic heterocycles. The minimum absolute atomic E-state index is 0.0393. The molecule has 0 aliphatic rings. The largest absolute Gasteiger partial charge is 0.370 e. The molecule has 1 aromatic carbocycles. The lowest BCUT2D eigenvalue weighted by atomic mass is 10.0. The molecule has 0 fully saturated rings. The van der Waals surface area contributed by atoms with Crippen LogP contribution in [0.15, 0.2) is 67.4 Å².